The summed E-state index contributed by atoms with van der Waals surface area (Å²) >= 11 is 0. The molecule has 0 bridgehead atoms. The zero-order valence-electron chi connectivity index (χ0n) is 35.5. The monoisotopic (exact) mass is 1410 g/mol. The van der Waals surface area contributed by atoms with Gasteiger partial charge in [0.2, 0.25) is 93.6 Å². The predicted molar refractivity (Wildman–Crippen MR) is 148 cm³/mol. The van der Waals surface area contributed by atoms with Crippen LogP contribution in [-0.2, 0) is 141 Å². The number of hydrogen-bond acceptors (Lipinski definition) is 38. The molecule has 68 heavy (non-hydrogen) atoms. The molecule has 0 radical (unpaired) electrons. The maximum absolute atomic E-state index is 11.8. The smallest absolute Gasteiger partial charge is 0.726 e. The molecule has 1 aliphatic rings. The molecule has 1 rings (SSSR count). The van der Waals surface area contributed by atoms with Gasteiger partial charge in [0.15, 0.2) is 12.4 Å². The van der Waals surface area contributed by atoms with Crippen LogP contribution in [0, 0.1) is 0 Å². The molecule has 0 aliphatic carbocycles. The van der Waals surface area contributed by atoms with Crippen LogP contribution < -0.4 is 462 Å². The van der Waals surface area contributed by atoms with Crippen LogP contribution in [-0.4, -0.2) is 192 Å². The van der Waals surface area contributed by atoms with Gasteiger partial charge in [-0.25, -0.2) is 75.8 Å². The summed E-state index contributed by atoms with van der Waals surface area (Å²) in [5.74, 6) is 0. The van der Waals surface area contributed by atoms with Crippen molar-refractivity contribution < 1.29 is 626 Å². The summed E-state index contributed by atoms with van der Waals surface area (Å²) in [7, 11) is -58.8. The van der Waals surface area contributed by atoms with Crippen molar-refractivity contribution in [3.63, 3.8) is 0 Å². The van der Waals surface area contributed by atoms with Crippen LogP contribution in [0.3, 0.4) is 0 Å². The second kappa shape index (κ2) is 43.2. The van der Waals surface area contributed by atoms with Gasteiger partial charge in [-0.15, -0.1) is 0 Å². The van der Waals surface area contributed by atoms with Gasteiger partial charge in [-0.2, -0.15) is 0 Å². The van der Waals surface area contributed by atoms with Crippen LogP contribution in [0.15, 0.2) is 0 Å². The van der Waals surface area contributed by atoms with E-state index in [1.54, 1.807) is 0 Å². The van der Waals surface area contributed by atoms with Gasteiger partial charge in [-0.3, -0.25) is 37.6 Å². The van der Waals surface area contributed by atoms with E-state index in [0.717, 1.165) is 0 Å². The third-order valence-corrected chi connectivity index (χ3v) is 9.54. The van der Waals surface area contributed by atoms with E-state index in [1.807, 2.05) is 0 Å². The van der Waals surface area contributed by atoms with E-state index in [-0.39, 0.29) is 462 Å². The van der Waals surface area contributed by atoms with Crippen LogP contribution in [0.4, 0.5) is 0 Å². The fourth-order valence-electron chi connectivity index (χ4n) is 3.96. The zero-order valence-corrected chi connectivity index (χ0v) is 71.0. The maximum atomic E-state index is 11.8. The van der Waals surface area contributed by atoms with E-state index in [1.165, 1.54) is 0 Å². The van der Waals surface area contributed by atoms with Gasteiger partial charge in [-0.05, 0) is 0 Å². The molecule has 1 aliphatic heterocycles. The van der Waals surface area contributed by atoms with Crippen molar-refractivity contribution in [1.82, 2.24) is 0 Å². The fourth-order valence-corrected chi connectivity index (χ4v) is 7.78. The molecule has 0 aromatic rings. The minimum Gasteiger partial charge on any atom is -0.726 e. The van der Waals surface area contributed by atoms with Crippen LogP contribution in [0.2, 0.25) is 0 Å². The van der Waals surface area contributed by atoms with Crippen molar-refractivity contribution >= 4 is 93.6 Å². The van der Waals surface area contributed by atoms with Crippen molar-refractivity contribution in [3.05, 3.63) is 0 Å². The van der Waals surface area contributed by atoms with Gasteiger partial charge in [0.1, 0.15) is 42.7 Å². The molecule has 0 aromatic carbocycles. The Morgan fingerprint density at radius 3 is 0.941 bits per heavy atom. The Bertz CT molecular complexity index is 2510. The molecule has 0 aromatic heterocycles. The summed E-state index contributed by atoms with van der Waals surface area (Å²) in [5.41, 5.74) is 0. The van der Waals surface area contributed by atoms with E-state index in [9.17, 15) is 117 Å². The van der Waals surface area contributed by atoms with Crippen molar-refractivity contribution in [2.75, 3.05) is 19.8 Å². The van der Waals surface area contributed by atoms with E-state index in [4.69, 9.17) is 9.47 Å². The molecule has 1 unspecified atom stereocenters. The molecule has 1 saturated heterocycles. The third-order valence-electron chi connectivity index (χ3n) is 5.47. The minimum atomic E-state index is -6.83. The molecule has 56 heteroatoms. The van der Waals surface area contributed by atoms with Crippen LogP contribution in [0.25, 0.3) is 0 Å². The molecular formula is C12H15K9O38S9. The topological polar surface area (TPSA) is 616 Å². The SMILES string of the molecule is O=S(=O)([O-])OC[C@H](OS(=O)(=O)[O-])[C@@H](OS(=O)(=O)[O-])C(O[C@H]1O[C@H](COS(=O)(=O)[O-])[C@@H](OS(=O)(=O)[O-])[C@H](OS(=O)(=O)[O-])[C@H]1OS(=O)(=O)[O-])[C@@H](COS(=O)(=O)[O-])OS(=O)(=O)[O-].[K+].[K+].[K+].[K+].[K+].[K+].[K+].[K+].[K+]. The van der Waals surface area contributed by atoms with E-state index < -0.39 is 169 Å². The zero-order chi connectivity index (χ0) is 46.6. The van der Waals surface area contributed by atoms with Gasteiger partial charge in [0.25, 0.3) is 0 Å². The standard InChI is InChI=1S/C12H24O38S9.9K/c13-51(14,15)40-1-4-8(47-56(28,29)30)10(49-58(34,35)36)11(50-59(37,38)39)12(43-4)44-7(5(45-54(22,23)24)2-41-52(16,17)18)9(48-57(31,32)33)6(46-55(25,26)27)3-42-53(19,20)21;;;;;;;;;/h4-12H,1-3H2,(H,13,14,15)(H,16,17,18)(H,19,20,21)(H,22,23,24)(H,25,26,27)(H,28,29,30)(H,31,32,33)(H,34,35,36)(H,37,38,39);;;;;;;;;/q;9*+1/p-9/t4-,5-,6+,7?,8-,9-,10+,11-,12-;;;;;;;;;/m1........./s1. The molecule has 1 heterocycles. The van der Waals surface area contributed by atoms with Gasteiger partial charge >= 0.3 is 462 Å². The van der Waals surface area contributed by atoms with Crippen LogP contribution in [0.5, 0.6) is 0 Å². The first-order valence-electron chi connectivity index (χ1n) is 12.8. The van der Waals surface area contributed by atoms with E-state index >= 15 is 0 Å². The van der Waals surface area contributed by atoms with Gasteiger partial charge < -0.3 is 50.4 Å². The van der Waals surface area contributed by atoms with Crippen molar-refractivity contribution in [2.45, 2.75) is 55.1 Å². The Morgan fingerprint density at radius 1 is 0.353 bits per heavy atom. The largest absolute Gasteiger partial charge is 1.00 e. The van der Waals surface area contributed by atoms with Gasteiger partial charge in [0, 0.05) is 0 Å². The number of ether oxygens (including phenoxy) is 2. The van der Waals surface area contributed by atoms with E-state index in [0.29, 0.717) is 0 Å². The third kappa shape index (κ3) is 51.5. The Kier molecular flexibility index (Phi) is 63.8. The Hall–Kier alpha value is 13.5. The fraction of sp³-hybridized carbons (Fsp3) is 1.00. The molecule has 9 atom stereocenters. The van der Waals surface area contributed by atoms with Crippen molar-refractivity contribution in [1.29, 1.82) is 0 Å². The molecule has 0 amide bonds. The Morgan fingerprint density at radius 2 is 0.647 bits per heavy atom. The average molecular weight is 1410 g/mol. The molecule has 354 valence electrons. The normalized spacial score (nSPS) is 21.0. The molecule has 0 saturated carbocycles. The van der Waals surface area contributed by atoms with E-state index in [2.05, 4.69) is 37.6 Å². The van der Waals surface area contributed by atoms with Crippen LogP contribution >= 0.6 is 0 Å². The minimum absolute atomic E-state index is 0. The number of hydrogen-bond donors (Lipinski definition) is 0. The first-order chi connectivity index (χ1) is 25.8. The second-order valence-electron chi connectivity index (χ2n) is 9.68. The number of rotatable bonds is 26. The summed E-state index contributed by atoms with van der Waals surface area (Å²) in [6.07, 6.45) is -33.8. The molecule has 0 spiro atoms. The van der Waals surface area contributed by atoms with Gasteiger partial charge in [0.05, 0.1) is 19.8 Å². The van der Waals surface area contributed by atoms with Crippen molar-refractivity contribution in [2.24, 2.45) is 0 Å². The summed E-state index contributed by atoms with van der Waals surface area (Å²) in [6.45, 7) is -7.36. The molecule has 0 N–H and O–H groups in total. The molecule has 38 nitrogen and oxygen atoms in total. The average Bonchev–Trinajstić information content (AvgIpc) is 2.92. The quantitative estimate of drug-likeness (QED) is 0.0441. The molecular weight excluding hydrogens is 1390 g/mol. The molecule has 1 fully saturated rings. The van der Waals surface area contributed by atoms with Crippen LogP contribution in [0.1, 0.15) is 0 Å². The first-order valence-corrected chi connectivity index (χ1v) is 24.8. The summed E-state index contributed by atoms with van der Waals surface area (Å²) in [4.78, 5) is 0. The maximum Gasteiger partial charge on any atom is 1.00 e. The Labute approximate surface area is 771 Å². The summed E-state index contributed by atoms with van der Waals surface area (Å²) in [5, 5.41) is 0. The first kappa shape index (κ1) is 100. The summed E-state index contributed by atoms with van der Waals surface area (Å²) in [6, 6.07) is 0. The van der Waals surface area contributed by atoms with Gasteiger partial charge in [-0.1, -0.05) is 0 Å². The Balaban J connectivity index is -0.000000553. The van der Waals surface area contributed by atoms with Crippen molar-refractivity contribution in [3.8, 4) is 0 Å². The second-order valence-corrected chi connectivity index (χ2v) is 18.9. The predicted octanol–water partition coefficient (Wildman–Crippen LogP) is -37.4. The summed E-state index contributed by atoms with van der Waals surface area (Å²) < 4.78 is 352.